The van der Waals surface area contributed by atoms with Gasteiger partial charge in [0, 0.05) is 35.0 Å². The lowest BCUT2D eigenvalue weighted by Gasteiger charge is -2.14. The summed E-state index contributed by atoms with van der Waals surface area (Å²) >= 11 is 1.52. The lowest BCUT2D eigenvalue weighted by Crippen LogP contribution is -2.27. The molecule has 3 aromatic rings. The molecular weight excluding hydrogens is 348 g/mol. The largest absolute Gasteiger partial charge is 0.325 e. The van der Waals surface area contributed by atoms with Crippen molar-refractivity contribution in [3.63, 3.8) is 0 Å². The standard InChI is InChI=1S/C19H18N4O2S/c1-11-7-16(14-5-3-4-6-15(14)20-11)22-17(24)9-13-10-26-19-21-12(2)8-18(25)23(13)19/h3-8,13H,9-10H2,1-2H3,(H,20,22,24). The highest BCUT2D eigenvalue weighted by molar-refractivity contribution is 7.99. The summed E-state index contributed by atoms with van der Waals surface area (Å²) in [5, 5.41) is 4.59. The number of amides is 1. The zero-order valence-electron chi connectivity index (χ0n) is 14.5. The van der Waals surface area contributed by atoms with E-state index < -0.39 is 0 Å². The molecule has 0 fully saturated rings. The van der Waals surface area contributed by atoms with E-state index in [1.54, 1.807) is 11.5 Å². The number of para-hydroxylation sites is 1. The quantitative estimate of drug-likeness (QED) is 0.721. The fourth-order valence-corrected chi connectivity index (χ4v) is 4.43. The molecule has 26 heavy (non-hydrogen) atoms. The monoisotopic (exact) mass is 366 g/mol. The van der Waals surface area contributed by atoms with Crippen LogP contribution in [0, 0.1) is 13.8 Å². The number of anilines is 1. The molecule has 6 nitrogen and oxygen atoms in total. The Bertz CT molecular complexity index is 1080. The van der Waals surface area contributed by atoms with E-state index in [1.807, 2.05) is 37.3 Å². The second-order valence-corrected chi connectivity index (χ2v) is 7.42. The summed E-state index contributed by atoms with van der Waals surface area (Å²) in [6.07, 6.45) is 0.236. The van der Waals surface area contributed by atoms with Gasteiger partial charge < -0.3 is 5.32 Å². The molecule has 1 aliphatic heterocycles. The first-order valence-corrected chi connectivity index (χ1v) is 9.39. The Morgan fingerprint density at radius 1 is 1.23 bits per heavy atom. The van der Waals surface area contributed by atoms with Gasteiger partial charge in [-0.05, 0) is 26.0 Å². The normalized spacial score (nSPS) is 15.8. The minimum atomic E-state index is -0.176. The predicted octanol–water partition coefficient (Wildman–Crippen LogP) is 3.08. The summed E-state index contributed by atoms with van der Waals surface area (Å²) in [6.45, 7) is 3.71. The van der Waals surface area contributed by atoms with Crippen molar-refractivity contribution >= 4 is 34.3 Å². The number of hydrogen-bond acceptors (Lipinski definition) is 5. The van der Waals surface area contributed by atoms with E-state index in [2.05, 4.69) is 15.3 Å². The Labute approximate surface area is 154 Å². The van der Waals surface area contributed by atoms with Crippen LogP contribution in [-0.2, 0) is 4.79 Å². The van der Waals surface area contributed by atoms with Crippen LogP contribution in [-0.4, -0.2) is 26.2 Å². The zero-order chi connectivity index (χ0) is 18.3. The van der Waals surface area contributed by atoms with Gasteiger partial charge in [-0.15, -0.1) is 0 Å². The van der Waals surface area contributed by atoms with Gasteiger partial charge in [0.2, 0.25) is 5.91 Å². The third kappa shape index (κ3) is 3.10. The van der Waals surface area contributed by atoms with Crippen molar-refractivity contribution in [3.8, 4) is 0 Å². The van der Waals surface area contributed by atoms with Crippen LogP contribution in [0.1, 0.15) is 23.9 Å². The highest BCUT2D eigenvalue weighted by atomic mass is 32.2. The van der Waals surface area contributed by atoms with Crippen LogP contribution in [0.3, 0.4) is 0 Å². The summed E-state index contributed by atoms with van der Waals surface area (Å²) in [4.78, 5) is 33.8. The van der Waals surface area contributed by atoms with Crippen molar-refractivity contribution in [1.29, 1.82) is 0 Å². The van der Waals surface area contributed by atoms with Gasteiger partial charge in [0.1, 0.15) is 0 Å². The van der Waals surface area contributed by atoms with E-state index in [1.165, 1.54) is 17.8 Å². The van der Waals surface area contributed by atoms with Crippen LogP contribution in [0.5, 0.6) is 0 Å². The van der Waals surface area contributed by atoms with Gasteiger partial charge in [0.15, 0.2) is 5.16 Å². The molecule has 1 unspecified atom stereocenters. The van der Waals surface area contributed by atoms with Crippen molar-refractivity contribution in [3.05, 3.63) is 58.1 Å². The Morgan fingerprint density at radius 2 is 2.00 bits per heavy atom. The lowest BCUT2D eigenvalue weighted by molar-refractivity contribution is -0.116. The SMILES string of the molecule is Cc1cc(=O)n2c(n1)SCC2CC(=O)Nc1cc(C)nc2ccccc12. The molecular formula is C19H18N4O2S. The Hall–Kier alpha value is -2.67. The summed E-state index contributed by atoms with van der Waals surface area (Å²) in [6, 6.07) is 10.9. The maximum Gasteiger partial charge on any atom is 0.254 e. The summed E-state index contributed by atoms with van der Waals surface area (Å²) < 4.78 is 1.63. The number of hydrogen-bond donors (Lipinski definition) is 1. The smallest absolute Gasteiger partial charge is 0.254 e. The number of nitrogens with one attached hydrogen (secondary N) is 1. The molecule has 0 aliphatic carbocycles. The number of nitrogens with zero attached hydrogens (tertiary/aromatic N) is 3. The van der Waals surface area contributed by atoms with Crippen LogP contribution in [0.25, 0.3) is 10.9 Å². The van der Waals surface area contributed by atoms with E-state index in [9.17, 15) is 9.59 Å². The maximum atomic E-state index is 12.6. The molecule has 7 heteroatoms. The van der Waals surface area contributed by atoms with Gasteiger partial charge >= 0.3 is 0 Å². The molecule has 0 saturated heterocycles. The fourth-order valence-electron chi connectivity index (χ4n) is 3.24. The third-order valence-electron chi connectivity index (χ3n) is 4.36. The summed E-state index contributed by atoms with van der Waals surface area (Å²) in [7, 11) is 0. The van der Waals surface area contributed by atoms with Gasteiger partial charge in [-0.25, -0.2) is 4.98 Å². The molecule has 1 N–H and O–H groups in total. The van der Waals surface area contributed by atoms with Crippen LogP contribution in [0.2, 0.25) is 0 Å². The molecule has 4 rings (SSSR count). The van der Waals surface area contributed by atoms with E-state index in [0.29, 0.717) is 16.6 Å². The average molecular weight is 366 g/mol. The second kappa shape index (κ2) is 6.57. The maximum absolute atomic E-state index is 12.6. The van der Waals surface area contributed by atoms with Crippen molar-refractivity contribution in [2.75, 3.05) is 11.1 Å². The Kier molecular flexibility index (Phi) is 4.24. The molecule has 2 aromatic heterocycles. The minimum Gasteiger partial charge on any atom is -0.325 e. The fraction of sp³-hybridized carbons (Fsp3) is 0.263. The summed E-state index contributed by atoms with van der Waals surface area (Å²) in [5.41, 5.74) is 3.05. The third-order valence-corrected chi connectivity index (χ3v) is 5.45. The van der Waals surface area contributed by atoms with Gasteiger partial charge in [0.25, 0.3) is 5.56 Å². The minimum absolute atomic E-state index is 0.0968. The number of benzene rings is 1. The number of aromatic nitrogens is 3. The highest BCUT2D eigenvalue weighted by Gasteiger charge is 2.27. The number of carbonyl (C=O) groups is 1. The van der Waals surface area contributed by atoms with Crippen LogP contribution >= 0.6 is 11.8 Å². The first kappa shape index (κ1) is 16.8. The van der Waals surface area contributed by atoms with E-state index in [-0.39, 0.29) is 23.9 Å². The lowest BCUT2D eigenvalue weighted by atomic mass is 10.1. The molecule has 0 bridgehead atoms. The average Bonchev–Trinajstić information content (AvgIpc) is 2.97. The molecule has 3 heterocycles. The first-order valence-electron chi connectivity index (χ1n) is 8.40. The molecule has 1 aliphatic rings. The molecule has 1 amide bonds. The number of rotatable bonds is 3. The molecule has 1 atom stereocenters. The van der Waals surface area contributed by atoms with E-state index in [4.69, 9.17) is 0 Å². The Morgan fingerprint density at radius 3 is 2.85 bits per heavy atom. The molecule has 132 valence electrons. The number of pyridine rings is 1. The van der Waals surface area contributed by atoms with Crippen LogP contribution in [0.4, 0.5) is 5.69 Å². The van der Waals surface area contributed by atoms with Crippen molar-refractivity contribution in [1.82, 2.24) is 14.5 Å². The second-order valence-electron chi connectivity index (χ2n) is 6.43. The van der Waals surface area contributed by atoms with Gasteiger partial charge in [-0.1, -0.05) is 30.0 Å². The highest BCUT2D eigenvalue weighted by Crippen LogP contribution is 2.32. The van der Waals surface area contributed by atoms with Gasteiger partial charge in [0.05, 0.1) is 17.2 Å². The van der Waals surface area contributed by atoms with Gasteiger partial charge in [-0.2, -0.15) is 0 Å². The summed E-state index contributed by atoms with van der Waals surface area (Å²) in [5.74, 6) is 0.557. The zero-order valence-corrected chi connectivity index (χ0v) is 15.3. The first-order chi connectivity index (χ1) is 12.5. The molecule has 0 saturated carbocycles. The number of carbonyl (C=O) groups excluding carboxylic acids is 1. The van der Waals surface area contributed by atoms with Crippen molar-refractivity contribution in [2.24, 2.45) is 0 Å². The Balaban J connectivity index is 1.58. The topological polar surface area (TPSA) is 76.9 Å². The van der Waals surface area contributed by atoms with Crippen LogP contribution in [0.15, 0.2) is 46.3 Å². The van der Waals surface area contributed by atoms with Crippen LogP contribution < -0.4 is 10.9 Å². The molecule has 1 aromatic carbocycles. The number of thioether (sulfide) groups is 1. The van der Waals surface area contributed by atoms with Crippen molar-refractivity contribution in [2.45, 2.75) is 31.5 Å². The van der Waals surface area contributed by atoms with E-state index >= 15 is 0 Å². The molecule has 0 spiro atoms. The van der Waals surface area contributed by atoms with Gasteiger partial charge in [-0.3, -0.25) is 19.1 Å². The van der Waals surface area contributed by atoms with E-state index in [0.717, 1.165) is 22.3 Å². The number of aryl methyl sites for hydroxylation is 2. The molecule has 0 radical (unpaired) electrons. The number of fused-ring (bicyclic) bond motifs is 2. The predicted molar refractivity (Wildman–Crippen MR) is 103 cm³/mol. The van der Waals surface area contributed by atoms with Crippen molar-refractivity contribution < 1.29 is 4.79 Å².